The lowest BCUT2D eigenvalue weighted by Crippen LogP contribution is -2.48. The van der Waals surface area contributed by atoms with Crippen LogP contribution in [0.3, 0.4) is 0 Å². The Kier molecular flexibility index (Phi) is 9.15. The summed E-state index contributed by atoms with van der Waals surface area (Å²) in [5.41, 5.74) is 0. The molecule has 0 aliphatic carbocycles. The summed E-state index contributed by atoms with van der Waals surface area (Å²) in [6.45, 7) is 5.89. The van der Waals surface area contributed by atoms with E-state index in [0.29, 0.717) is 25.9 Å². The lowest BCUT2D eigenvalue weighted by molar-refractivity contribution is -0.143. The van der Waals surface area contributed by atoms with E-state index in [2.05, 4.69) is 0 Å². The Bertz CT molecular complexity index is 333. The van der Waals surface area contributed by atoms with Crippen LogP contribution in [0.2, 0.25) is 0 Å². The van der Waals surface area contributed by atoms with Crippen molar-refractivity contribution in [3.63, 3.8) is 0 Å². The van der Waals surface area contributed by atoms with Gasteiger partial charge < -0.3 is 19.6 Å². The maximum atomic E-state index is 12.3. The number of hydrogen-bond acceptors (Lipinski definition) is 4. The van der Waals surface area contributed by atoms with Crippen LogP contribution in [0.5, 0.6) is 0 Å². The summed E-state index contributed by atoms with van der Waals surface area (Å²) in [5.74, 6) is -1.56. The van der Waals surface area contributed by atoms with E-state index in [4.69, 9.17) is 9.84 Å². The van der Waals surface area contributed by atoms with Gasteiger partial charge >= 0.3 is 18.0 Å². The quantitative estimate of drug-likeness (QED) is 0.644. The number of carbonyl (C=O) groups excluding carboxylic acids is 2. The molecular formula is C13H24N2O5. The van der Waals surface area contributed by atoms with Crippen molar-refractivity contribution in [2.75, 3.05) is 32.8 Å². The Labute approximate surface area is 119 Å². The molecule has 116 valence electrons. The fraction of sp³-hybridized carbons (Fsp3) is 0.769. The number of carboxylic acids is 1. The molecule has 7 heteroatoms. The first kappa shape index (κ1) is 18.2. The van der Waals surface area contributed by atoms with E-state index in [1.54, 1.807) is 6.92 Å². The summed E-state index contributed by atoms with van der Waals surface area (Å²) >= 11 is 0. The van der Waals surface area contributed by atoms with Crippen LogP contribution >= 0.6 is 0 Å². The van der Waals surface area contributed by atoms with Gasteiger partial charge in [-0.1, -0.05) is 13.8 Å². The molecule has 0 aliphatic rings. The molecule has 0 rings (SSSR count). The van der Waals surface area contributed by atoms with Crippen molar-refractivity contribution in [3.05, 3.63) is 0 Å². The molecule has 0 aliphatic heterocycles. The molecule has 1 N–H and O–H groups in total. The van der Waals surface area contributed by atoms with E-state index < -0.39 is 18.0 Å². The number of amides is 2. The second-order valence-corrected chi connectivity index (χ2v) is 4.32. The molecule has 20 heavy (non-hydrogen) atoms. The molecule has 0 bridgehead atoms. The lowest BCUT2D eigenvalue weighted by Gasteiger charge is -2.28. The van der Waals surface area contributed by atoms with Gasteiger partial charge in [-0.25, -0.2) is 4.79 Å². The second-order valence-electron chi connectivity index (χ2n) is 4.32. The highest BCUT2D eigenvalue weighted by molar-refractivity contribution is 5.83. The smallest absolute Gasteiger partial charge is 0.325 e. The number of esters is 1. The van der Waals surface area contributed by atoms with Gasteiger partial charge in [0.25, 0.3) is 0 Å². The van der Waals surface area contributed by atoms with E-state index in [1.807, 2.05) is 13.8 Å². The Morgan fingerprint density at radius 3 is 1.85 bits per heavy atom. The third-order valence-corrected chi connectivity index (χ3v) is 2.48. The van der Waals surface area contributed by atoms with Gasteiger partial charge in [0.05, 0.1) is 6.61 Å². The van der Waals surface area contributed by atoms with Crippen molar-refractivity contribution in [3.8, 4) is 0 Å². The van der Waals surface area contributed by atoms with E-state index >= 15 is 0 Å². The number of aliphatic carboxylic acids is 1. The van der Waals surface area contributed by atoms with Gasteiger partial charge in [-0.15, -0.1) is 0 Å². The van der Waals surface area contributed by atoms with Crippen molar-refractivity contribution in [1.29, 1.82) is 0 Å². The Hall–Kier alpha value is -1.79. The van der Waals surface area contributed by atoms with Gasteiger partial charge in [-0.2, -0.15) is 0 Å². The van der Waals surface area contributed by atoms with E-state index in [9.17, 15) is 14.4 Å². The molecule has 0 heterocycles. The molecule has 0 unspecified atom stereocenters. The van der Waals surface area contributed by atoms with Crippen LogP contribution in [-0.4, -0.2) is 65.7 Å². The van der Waals surface area contributed by atoms with E-state index in [1.165, 1.54) is 9.80 Å². The summed E-state index contributed by atoms with van der Waals surface area (Å²) in [6, 6.07) is -0.441. The van der Waals surface area contributed by atoms with Crippen molar-refractivity contribution < 1.29 is 24.2 Å². The van der Waals surface area contributed by atoms with Crippen LogP contribution in [0.4, 0.5) is 4.79 Å². The average Bonchev–Trinajstić information content (AvgIpc) is 2.36. The highest BCUT2D eigenvalue weighted by Gasteiger charge is 2.24. The Morgan fingerprint density at radius 2 is 1.45 bits per heavy atom. The maximum Gasteiger partial charge on any atom is 0.325 e. The summed E-state index contributed by atoms with van der Waals surface area (Å²) < 4.78 is 4.82. The molecule has 2 amide bonds. The number of carboxylic acid groups (broad SMARTS) is 1. The highest BCUT2D eigenvalue weighted by atomic mass is 16.5. The van der Waals surface area contributed by atoms with E-state index in [-0.39, 0.29) is 19.7 Å². The highest BCUT2D eigenvalue weighted by Crippen LogP contribution is 2.03. The fourth-order valence-electron chi connectivity index (χ4n) is 1.75. The molecule has 0 spiro atoms. The molecule has 0 fully saturated rings. The minimum atomic E-state index is -1.07. The Balaban J connectivity index is 4.79. The summed E-state index contributed by atoms with van der Waals surface area (Å²) in [6.07, 6.45) is 1.33. The second kappa shape index (κ2) is 10.1. The molecule has 0 saturated heterocycles. The largest absolute Gasteiger partial charge is 0.480 e. The van der Waals surface area contributed by atoms with Crippen LogP contribution in [0.15, 0.2) is 0 Å². The molecule has 0 aromatic heterocycles. The van der Waals surface area contributed by atoms with Gasteiger partial charge in [-0.3, -0.25) is 9.59 Å². The molecule has 0 aromatic carbocycles. The zero-order valence-corrected chi connectivity index (χ0v) is 12.4. The molecule has 0 aromatic rings. The summed E-state index contributed by atoms with van der Waals surface area (Å²) in [7, 11) is 0. The topological polar surface area (TPSA) is 87.2 Å². The number of carbonyl (C=O) groups is 3. The lowest BCUT2D eigenvalue weighted by atomic mass is 10.3. The zero-order valence-electron chi connectivity index (χ0n) is 12.4. The molecule has 7 nitrogen and oxygen atoms in total. The van der Waals surface area contributed by atoms with Crippen molar-refractivity contribution in [2.45, 2.75) is 33.6 Å². The van der Waals surface area contributed by atoms with Crippen LogP contribution < -0.4 is 0 Å². The monoisotopic (exact) mass is 288 g/mol. The first-order chi connectivity index (χ1) is 9.46. The fourth-order valence-corrected chi connectivity index (χ4v) is 1.75. The number of nitrogens with zero attached hydrogens (tertiary/aromatic N) is 2. The summed E-state index contributed by atoms with van der Waals surface area (Å²) in [5, 5.41) is 8.83. The predicted molar refractivity (Wildman–Crippen MR) is 73.4 cm³/mol. The number of urea groups is 1. The Morgan fingerprint density at radius 1 is 0.950 bits per heavy atom. The summed E-state index contributed by atoms with van der Waals surface area (Å²) in [4.78, 5) is 37.1. The number of hydrogen-bond donors (Lipinski definition) is 1. The maximum absolute atomic E-state index is 12.3. The third-order valence-electron chi connectivity index (χ3n) is 2.48. The van der Waals surface area contributed by atoms with Crippen LogP contribution in [0.25, 0.3) is 0 Å². The van der Waals surface area contributed by atoms with Crippen LogP contribution in [0, 0.1) is 0 Å². The standard InChI is InChI=1S/C13H24N2O5/c1-4-7-14(9-11(16)17)13(19)15(8-5-2)10-12(18)20-6-3/h4-10H2,1-3H3,(H,16,17). The predicted octanol–water partition coefficient (Wildman–Crippen LogP) is 1.18. The van der Waals surface area contributed by atoms with Gasteiger partial charge in [0, 0.05) is 13.1 Å². The normalized spacial score (nSPS) is 9.95. The number of rotatable bonds is 9. The van der Waals surface area contributed by atoms with Crippen molar-refractivity contribution in [1.82, 2.24) is 9.80 Å². The van der Waals surface area contributed by atoms with Crippen LogP contribution in [0.1, 0.15) is 33.6 Å². The van der Waals surface area contributed by atoms with Gasteiger partial charge in [-0.05, 0) is 19.8 Å². The SMILES string of the molecule is CCCN(CC(=O)O)C(=O)N(CCC)CC(=O)OCC. The van der Waals surface area contributed by atoms with Gasteiger partial charge in [0.1, 0.15) is 13.1 Å². The molecule has 0 radical (unpaired) electrons. The van der Waals surface area contributed by atoms with Gasteiger partial charge in [0.2, 0.25) is 0 Å². The average molecular weight is 288 g/mol. The molecular weight excluding hydrogens is 264 g/mol. The minimum absolute atomic E-state index is 0.152. The van der Waals surface area contributed by atoms with E-state index in [0.717, 1.165) is 0 Å². The van der Waals surface area contributed by atoms with Crippen molar-refractivity contribution >= 4 is 18.0 Å². The third kappa shape index (κ3) is 6.96. The number of ether oxygens (including phenoxy) is 1. The van der Waals surface area contributed by atoms with Gasteiger partial charge in [0.15, 0.2) is 0 Å². The molecule has 0 saturated carbocycles. The minimum Gasteiger partial charge on any atom is -0.480 e. The molecule has 0 atom stereocenters. The van der Waals surface area contributed by atoms with Crippen molar-refractivity contribution in [2.24, 2.45) is 0 Å². The first-order valence-corrected chi connectivity index (χ1v) is 6.87. The first-order valence-electron chi connectivity index (χ1n) is 6.87. The van der Waals surface area contributed by atoms with Crippen LogP contribution in [-0.2, 0) is 14.3 Å². The zero-order chi connectivity index (χ0) is 15.5.